The summed E-state index contributed by atoms with van der Waals surface area (Å²) in [6.07, 6.45) is 0. The Morgan fingerprint density at radius 1 is 0.905 bits per heavy atom. The summed E-state index contributed by atoms with van der Waals surface area (Å²) >= 11 is 0. The quantitative estimate of drug-likeness (QED) is 0.634. The second kappa shape index (κ2) is 4.78. The van der Waals surface area contributed by atoms with Gasteiger partial charge in [0.2, 0.25) is 0 Å². The van der Waals surface area contributed by atoms with E-state index in [0.29, 0.717) is 16.6 Å². The minimum Gasteiger partial charge on any atom is -0.320 e. The van der Waals surface area contributed by atoms with Crippen molar-refractivity contribution in [3.8, 4) is 0 Å². The van der Waals surface area contributed by atoms with Crippen molar-refractivity contribution >= 4 is 11.0 Å². The lowest BCUT2D eigenvalue weighted by atomic mass is 9.99. The average Bonchev–Trinajstić information content (AvgIpc) is 2.82. The molecule has 4 nitrogen and oxygen atoms in total. The van der Waals surface area contributed by atoms with E-state index in [4.69, 9.17) is 5.73 Å². The summed E-state index contributed by atoms with van der Waals surface area (Å²) < 4.78 is 39.5. The summed E-state index contributed by atoms with van der Waals surface area (Å²) in [5, 5.41) is 0. The number of nitrogens with one attached hydrogen (secondary N) is 2. The lowest BCUT2D eigenvalue weighted by molar-refractivity contribution is 0.444. The summed E-state index contributed by atoms with van der Waals surface area (Å²) in [6.45, 7) is 0. The number of fused-ring (bicyclic) bond motifs is 1. The molecule has 0 spiro atoms. The van der Waals surface area contributed by atoms with Gasteiger partial charge in [-0.2, -0.15) is 0 Å². The molecule has 2 aromatic carbocycles. The lowest BCUT2D eigenvalue weighted by Gasteiger charge is -2.13. The molecule has 0 saturated carbocycles. The Labute approximate surface area is 116 Å². The van der Waals surface area contributed by atoms with E-state index in [9.17, 15) is 18.0 Å². The Hall–Kier alpha value is -2.54. The molecule has 7 heteroatoms. The zero-order chi connectivity index (χ0) is 15.1. The normalized spacial score (nSPS) is 12.8. The molecule has 3 rings (SSSR count). The number of aromatic nitrogens is 2. The van der Waals surface area contributed by atoms with Crippen molar-refractivity contribution < 1.29 is 13.2 Å². The van der Waals surface area contributed by atoms with E-state index in [1.165, 1.54) is 0 Å². The number of imidazole rings is 1. The maximum Gasteiger partial charge on any atom is 0.323 e. The number of hydrogen-bond donors (Lipinski definition) is 3. The second-order valence-corrected chi connectivity index (χ2v) is 4.66. The number of aromatic amines is 2. The number of hydrogen-bond acceptors (Lipinski definition) is 2. The molecule has 0 saturated heterocycles. The largest absolute Gasteiger partial charge is 0.323 e. The number of halogens is 3. The fourth-order valence-electron chi connectivity index (χ4n) is 2.19. The molecule has 4 N–H and O–H groups in total. The molecule has 1 aromatic heterocycles. The van der Waals surface area contributed by atoms with Gasteiger partial charge in [0.15, 0.2) is 17.5 Å². The first-order chi connectivity index (χ1) is 9.95. The minimum absolute atomic E-state index is 0.101. The highest BCUT2D eigenvalue weighted by molar-refractivity contribution is 5.75. The molecule has 0 fully saturated rings. The third kappa shape index (κ3) is 2.31. The lowest BCUT2D eigenvalue weighted by Crippen LogP contribution is -2.13. The van der Waals surface area contributed by atoms with Crippen LogP contribution in [0.4, 0.5) is 13.2 Å². The van der Waals surface area contributed by atoms with Crippen LogP contribution in [0.15, 0.2) is 35.1 Å². The Morgan fingerprint density at radius 2 is 1.52 bits per heavy atom. The van der Waals surface area contributed by atoms with Gasteiger partial charge in [0, 0.05) is 0 Å². The first kappa shape index (κ1) is 13.4. The van der Waals surface area contributed by atoms with E-state index in [0.717, 1.165) is 12.1 Å². The third-order valence-corrected chi connectivity index (χ3v) is 3.26. The molecule has 0 aliphatic rings. The van der Waals surface area contributed by atoms with Crippen LogP contribution in [0, 0.1) is 17.5 Å². The van der Waals surface area contributed by atoms with Gasteiger partial charge < -0.3 is 15.7 Å². The number of nitrogens with two attached hydrogens (primary N) is 1. The highest BCUT2D eigenvalue weighted by atomic mass is 19.2. The Balaban J connectivity index is 2.07. The zero-order valence-electron chi connectivity index (χ0n) is 10.6. The van der Waals surface area contributed by atoms with E-state index in [1.807, 2.05) is 0 Å². The van der Waals surface area contributed by atoms with Gasteiger partial charge >= 0.3 is 5.69 Å². The van der Waals surface area contributed by atoms with Gasteiger partial charge in [0.25, 0.3) is 0 Å². The number of benzene rings is 2. The Kier molecular flexibility index (Phi) is 3.06. The van der Waals surface area contributed by atoms with Crippen molar-refractivity contribution in [1.29, 1.82) is 0 Å². The third-order valence-electron chi connectivity index (χ3n) is 3.26. The summed E-state index contributed by atoms with van der Waals surface area (Å²) in [5.41, 5.74) is 7.32. The molecule has 3 aromatic rings. The summed E-state index contributed by atoms with van der Waals surface area (Å²) in [7, 11) is 0. The molecular formula is C14H10F3N3O. The van der Waals surface area contributed by atoms with Crippen molar-refractivity contribution in [1.82, 2.24) is 9.97 Å². The maximum absolute atomic E-state index is 13.2. The van der Waals surface area contributed by atoms with E-state index in [-0.39, 0.29) is 11.3 Å². The molecule has 0 aliphatic heterocycles. The van der Waals surface area contributed by atoms with E-state index in [1.54, 1.807) is 18.2 Å². The minimum atomic E-state index is -1.53. The fraction of sp³-hybridized carbons (Fsp3) is 0.0714. The van der Waals surface area contributed by atoms with Crippen LogP contribution in [0.5, 0.6) is 0 Å². The summed E-state index contributed by atoms with van der Waals surface area (Å²) in [5.74, 6) is -4.12. The standard InChI is InChI=1S/C14H10F3N3O/c15-8-3-7(4-9(16)12(8)17)13(18)6-1-2-10-11(5-6)20-14(21)19-10/h1-5,13H,18H2,(H2,19,20,21). The molecule has 0 radical (unpaired) electrons. The highest BCUT2D eigenvalue weighted by Gasteiger charge is 2.16. The molecule has 1 atom stereocenters. The van der Waals surface area contributed by atoms with Crippen molar-refractivity contribution in [2.24, 2.45) is 5.73 Å². The zero-order valence-corrected chi connectivity index (χ0v) is 10.6. The van der Waals surface area contributed by atoms with Crippen LogP contribution < -0.4 is 11.4 Å². The van der Waals surface area contributed by atoms with Crippen molar-refractivity contribution in [3.63, 3.8) is 0 Å². The van der Waals surface area contributed by atoms with Gasteiger partial charge in [-0.1, -0.05) is 6.07 Å². The van der Waals surface area contributed by atoms with Gasteiger partial charge in [0.05, 0.1) is 17.1 Å². The van der Waals surface area contributed by atoms with E-state index in [2.05, 4.69) is 9.97 Å². The van der Waals surface area contributed by atoms with Gasteiger partial charge in [-0.15, -0.1) is 0 Å². The van der Waals surface area contributed by atoms with Crippen LogP contribution >= 0.6 is 0 Å². The van der Waals surface area contributed by atoms with Crippen LogP contribution in [-0.4, -0.2) is 9.97 Å². The molecule has 0 amide bonds. The van der Waals surface area contributed by atoms with Crippen LogP contribution in [0.2, 0.25) is 0 Å². The predicted molar refractivity (Wildman–Crippen MR) is 71.3 cm³/mol. The first-order valence-corrected chi connectivity index (χ1v) is 6.07. The molecule has 0 aliphatic carbocycles. The topological polar surface area (TPSA) is 74.7 Å². The molecule has 1 unspecified atom stereocenters. The smallest absolute Gasteiger partial charge is 0.320 e. The van der Waals surface area contributed by atoms with Gasteiger partial charge in [0.1, 0.15) is 0 Å². The summed E-state index contributed by atoms with van der Waals surface area (Å²) in [4.78, 5) is 16.3. The van der Waals surface area contributed by atoms with Crippen molar-refractivity contribution in [2.45, 2.75) is 6.04 Å². The maximum atomic E-state index is 13.2. The van der Waals surface area contributed by atoms with Crippen molar-refractivity contribution in [3.05, 3.63) is 69.4 Å². The van der Waals surface area contributed by atoms with Crippen LogP contribution in [0.1, 0.15) is 17.2 Å². The number of rotatable bonds is 2. The molecule has 1 heterocycles. The molecule has 21 heavy (non-hydrogen) atoms. The predicted octanol–water partition coefficient (Wildman–Crippen LogP) is 2.32. The number of H-pyrrole nitrogens is 2. The van der Waals surface area contributed by atoms with Gasteiger partial charge in [-0.25, -0.2) is 18.0 Å². The van der Waals surface area contributed by atoms with Gasteiger partial charge in [-0.05, 0) is 35.4 Å². The van der Waals surface area contributed by atoms with E-state index >= 15 is 0 Å². The Bertz CT molecular complexity index is 862. The molecule has 0 bridgehead atoms. The molecular weight excluding hydrogens is 283 g/mol. The van der Waals surface area contributed by atoms with Crippen molar-refractivity contribution in [2.75, 3.05) is 0 Å². The Morgan fingerprint density at radius 3 is 2.19 bits per heavy atom. The molecule has 108 valence electrons. The van der Waals surface area contributed by atoms with Crippen LogP contribution in [-0.2, 0) is 0 Å². The average molecular weight is 293 g/mol. The fourth-order valence-corrected chi connectivity index (χ4v) is 2.19. The monoisotopic (exact) mass is 293 g/mol. The van der Waals surface area contributed by atoms with E-state index < -0.39 is 23.5 Å². The second-order valence-electron chi connectivity index (χ2n) is 4.66. The highest BCUT2D eigenvalue weighted by Crippen LogP contribution is 2.24. The first-order valence-electron chi connectivity index (χ1n) is 6.07. The van der Waals surface area contributed by atoms with Gasteiger partial charge in [-0.3, -0.25) is 0 Å². The summed E-state index contributed by atoms with van der Waals surface area (Å²) in [6, 6.07) is 5.70. The van der Waals surface area contributed by atoms with Crippen LogP contribution in [0.3, 0.4) is 0 Å². The van der Waals surface area contributed by atoms with Crippen LogP contribution in [0.25, 0.3) is 11.0 Å². The SMILES string of the molecule is NC(c1cc(F)c(F)c(F)c1)c1ccc2[nH]c(=O)[nH]c2c1.